The zero-order valence-corrected chi connectivity index (χ0v) is 12.7. The number of rotatable bonds is 2. The first-order valence-corrected chi connectivity index (χ1v) is 7.83. The highest BCUT2D eigenvalue weighted by Gasteiger charge is 2.50. The predicted molar refractivity (Wildman–Crippen MR) is 76.1 cm³/mol. The number of fused-ring (bicyclic) bond motifs is 3. The fourth-order valence-electron chi connectivity index (χ4n) is 3.94. The SMILES string of the molecule is CCC1(C)NC(=O)C(C)N(C2CN3CCC2CC3)C1=O. The second-order valence-electron chi connectivity index (χ2n) is 6.77. The number of nitrogens with zero attached hydrogens (tertiary/aromatic N) is 2. The summed E-state index contributed by atoms with van der Waals surface area (Å²) in [7, 11) is 0. The van der Waals surface area contributed by atoms with E-state index >= 15 is 0 Å². The van der Waals surface area contributed by atoms with Crippen molar-refractivity contribution in [3.8, 4) is 0 Å². The Kier molecular flexibility index (Phi) is 3.27. The first kappa shape index (κ1) is 13.9. The van der Waals surface area contributed by atoms with Gasteiger partial charge < -0.3 is 15.1 Å². The number of amides is 2. The number of hydrogen-bond acceptors (Lipinski definition) is 3. The average molecular weight is 279 g/mol. The molecule has 0 saturated carbocycles. The molecule has 0 aromatic carbocycles. The summed E-state index contributed by atoms with van der Waals surface area (Å²) in [6, 6.07) is -0.121. The molecule has 4 aliphatic rings. The van der Waals surface area contributed by atoms with Gasteiger partial charge in [0, 0.05) is 12.6 Å². The zero-order valence-electron chi connectivity index (χ0n) is 12.7. The molecule has 2 amide bonds. The van der Waals surface area contributed by atoms with E-state index in [1.165, 1.54) is 0 Å². The highest BCUT2D eigenvalue weighted by Crippen LogP contribution is 2.34. The lowest BCUT2D eigenvalue weighted by Crippen LogP contribution is -2.73. The fraction of sp³-hybridized carbons (Fsp3) is 0.867. The van der Waals surface area contributed by atoms with Crippen LogP contribution in [0.25, 0.3) is 0 Å². The van der Waals surface area contributed by atoms with E-state index in [1.807, 2.05) is 25.7 Å². The summed E-state index contributed by atoms with van der Waals surface area (Å²) in [4.78, 5) is 29.5. The van der Waals surface area contributed by atoms with Crippen LogP contribution in [0.4, 0.5) is 0 Å². The van der Waals surface area contributed by atoms with Gasteiger partial charge >= 0.3 is 0 Å². The lowest BCUT2D eigenvalue weighted by atomic mass is 9.80. The van der Waals surface area contributed by atoms with Crippen LogP contribution in [0, 0.1) is 5.92 Å². The van der Waals surface area contributed by atoms with Gasteiger partial charge in [-0.3, -0.25) is 9.59 Å². The van der Waals surface area contributed by atoms with Crippen molar-refractivity contribution in [3.63, 3.8) is 0 Å². The van der Waals surface area contributed by atoms with E-state index < -0.39 is 5.54 Å². The van der Waals surface area contributed by atoms with Crippen molar-refractivity contribution >= 4 is 11.8 Å². The molecule has 4 heterocycles. The summed E-state index contributed by atoms with van der Waals surface area (Å²) >= 11 is 0. The van der Waals surface area contributed by atoms with E-state index in [0.29, 0.717) is 12.3 Å². The van der Waals surface area contributed by atoms with Crippen molar-refractivity contribution in [2.24, 2.45) is 5.92 Å². The summed E-state index contributed by atoms with van der Waals surface area (Å²) in [5, 5.41) is 2.91. The quantitative estimate of drug-likeness (QED) is 0.805. The summed E-state index contributed by atoms with van der Waals surface area (Å²) in [5.74, 6) is 0.662. The maximum Gasteiger partial charge on any atom is 0.249 e. The van der Waals surface area contributed by atoms with Gasteiger partial charge in [0.15, 0.2) is 0 Å². The summed E-state index contributed by atoms with van der Waals surface area (Å²) in [6.45, 7) is 8.91. The van der Waals surface area contributed by atoms with Crippen LogP contribution in [0.5, 0.6) is 0 Å². The summed E-state index contributed by atoms with van der Waals surface area (Å²) in [5.41, 5.74) is -0.727. The lowest BCUT2D eigenvalue weighted by molar-refractivity contribution is -0.161. The van der Waals surface area contributed by atoms with Gasteiger partial charge in [-0.2, -0.15) is 0 Å². The highest BCUT2D eigenvalue weighted by molar-refractivity contribution is 5.99. The lowest BCUT2D eigenvalue weighted by Gasteiger charge is -2.54. The van der Waals surface area contributed by atoms with Crippen LogP contribution < -0.4 is 5.32 Å². The van der Waals surface area contributed by atoms with Gasteiger partial charge in [0.25, 0.3) is 0 Å². The second-order valence-corrected chi connectivity index (χ2v) is 6.77. The van der Waals surface area contributed by atoms with Crippen LogP contribution in [0.3, 0.4) is 0 Å². The highest BCUT2D eigenvalue weighted by atomic mass is 16.2. The zero-order chi connectivity index (χ0) is 14.5. The smallest absolute Gasteiger partial charge is 0.249 e. The molecule has 4 aliphatic heterocycles. The van der Waals surface area contributed by atoms with Crippen LogP contribution in [-0.2, 0) is 9.59 Å². The van der Waals surface area contributed by atoms with Gasteiger partial charge in [-0.1, -0.05) is 6.92 Å². The molecular formula is C15H25N3O2. The number of carbonyl (C=O) groups is 2. The molecule has 112 valence electrons. The number of carbonyl (C=O) groups excluding carboxylic acids is 2. The van der Waals surface area contributed by atoms with Gasteiger partial charge in [-0.05, 0) is 52.1 Å². The fourth-order valence-corrected chi connectivity index (χ4v) is 3.94. The minimum atomic E-state index is -0.727. The topological polar surface area (TPSA) is 52.7 Å². The Hall–Kier alpha value is -1.10. The largest absolute Gasteiger partial charge is 0.340 e. The molecule has 4 saturated heterocycles. The normalized spacial score (nSPS) is 44.6. The maximum absolute atomic E-state index is 12.9. The van der Waals surface area contributed by atoms with E-state index in [2.05, 4.69) is 10.2 Å². The molecule has 0 spiro atoms. The Balaban J connectivity index is 1.89. The minimum absolute atomic E-state index is 0.00889. The van der Waals surface area contributed by atoms with E-state index in [1.54, 1.807) is 0 Å². The Morgan fingerprint density at radius 2 is 1.95 bits per heavy atom. The molecule has 0 aromatic heterocycles. The van der Waals surface area contributed by atoms with Crippen LogP contribution in [0.2, 0.25) is 0 Å². The van der Waals surface area contributed by atoms with Gasteiger partial charge in [0.2, 0.25) is 11.8 Å². The summed E-state index contributed by atoms with van der Waals surface area (Å²) < 4.78 is 0. The molecule has 3 unspecified atom stereocenters. The Morgan fingerprint density at radius 3 is 2.45 bits per heavy atom. The van der Waals surface area contributed by atoms with E-state index in [9.17, 15) is 9.59 Å². The standard InChI is InChI=1S/C15H25N3O2/c1-4-15(3)14(20)18(10(2)13(19)16-15)12-9-17-7-5-11(12)6-8-17/h10-12H,4-9H2,1-3H3,(H,16,19). The van der Waals surface area contributed by atoms with Crippen molar-refractivity contribution in [2.45, 2.75) is 57.7 Å². The van der Waals surface area contributed by atoms with Crippen LogP contribution >= 0.6 is 0 Å². The summed E-state index contributed by atoms with van der Waals surface area (Å²) in [6.07, 6.45) is 2.96. The maximum atomic E-state index is 12.9. The first-order chi connectivity index (χ1) is 9.46. The van der Waals surface area contributed by atoms with Crippen LogP contribution in [0.15, 0.2) is 0 Å². The molecular weight excluding hydrogens is 254 g/mol. The predicted octanol–water partition coefficient (Wildman–Crippen LogP) is 0.596. The van der Waals surface area contributed by atoms with Gasteiger partial charge in [-0.15, -0.1) is 0 Å². The van der Waals surface area contributed by atoms with Crippen molar-refractivity contribution < 1.29 is 9.59 Å². The first-order valence-electron chi connectivity index (χ1n) is 7.83. The Bertz CT molecular complexity index is 431. The average Bonchev–Trinajstić information content (AvgIpc) is 2.47. The number of nitrogens with one attached hydrogen (secondary N) is 1. The molecule has 0 aliphatic carbocycles. The van der Waals surface area contributed by atoms with Gasteiger partial charge in [0.05, 0.1) is 0 Å². The van der Waals surface area contributed by atoms with Crippen molar-refractivity contribution in [1.29, 1.82) is 0 Å². The molecule has 4 rings (SSSR count). The number of piperidine rings is 3. The third kappa shape index (κ3) is 1.94. The van der Waals surface area contributed by atoms with Crippen LogP contribution in [-0.4, -0.2) is 58.9 Å². The Morgan fingerprint density at radius 1 is 1.30 bits per heavy atom. The van der Waals surface area contributed by atoms with E-state index in [-0.39, 0.29) is 23.9 Å². The Labute approximate surface area is 120 Å². The third-order valence-electron chi connectivity index (χ3n) is 5.59. The van der Waals surface area contributed by atoms with Crippen molar-refractivity contribution in [1.82, 2.24) is 15.1 Å². The van der Waals surface area contributed by atoms with Crippen molar-refractivity contribution in [3.05, 3.63) is 0 Å². The molecule has 4 fully saturated rings. The van der Waals surface area contributed by atoms with E-state index in [0.717, 1.165) is 32.5 Å². The molecule has 3 atom stereocenters. The van der Waals surface area contributed by atoms with Gasteiger partial charge in [-0.25, -0.2) is 0 Å². The molecule has 5 heteroatoms. The molecule has 0 aromatic rings. The molecule has 5 nitrogen and oxygen atoms in total. The minimum Gasteiger partial charge on any atom is -0.340 e. The third-order valence-corrected chi connectivity index (χ3v) is 5.59. The van der Waals surface area contributed by atoms with Crippen LogP contribution in [0.1, 0.15) is 40.0 Å². The molecule has 0 radical (unpaired) electrons. The molecule has 20 heavy (non-hydrogen) atoms. The van der Waals surface area contributed by atoms with E-state index in [4.69, 9.17) is 0 Å². The monoisotopic (exact) mass is 279 g/mol. The number of piperazine rings is 1. The number of hydrogen-bond donors (Lipinski definition) is 1. The second kappa shape index (κ2) is 4.72. The molecule has 1 N–H and O–H groups in total. The van der Waals surface area contributed by atoms with Crippen molar-refractivity contribution in [2.75, 3.05) is 19.6 Å². The molecule has 2 bridgehead atoms. The van der Waals surface area contributed by atoms with Gasteiger partial charge in [0.1, 0.15) is 11.6 Å².